The summed E-state index contributed by atoms with van der Waals surface area (Å²) in [6, 6.07) is 7.44. The van der Waals surface area contributed by atoms with Crippen molar-refractivity contribution < 1.29 is 10.1 Å². The van der Waals surface area contributed by atoms with E-state index in [9.17, 15) is 0 Å². The van der Waals surface area contributed by atoms with Crippen molar-refractivity contribution in [2.45, 2.75) is 6.42 Å². The summed E-state index contributed by atoms with van der Waals surface area (Å²) in [5.41, 5.74) is 1.10. The quantitative estimate of drug-likeness (QED) is 0.560. The molecule has 0 radical (unpaired) electrons. The molecule has 0 amide bonds. The van der Waals surface area contributed by atoms with Crippen molar-refractivity contribution in [3.8, 4) is 0 Å². The Balaban J connectivity index is 2.52. The van der Waals surface area contributed by atoms with Gasteiger partial charge in [0.05, 0.1) is 6.61 Å². The van der Waals surface area contributed by atoms with Crippen molar-refractivity contribution in [3.63, 3.8) is 0 Å². The van der Waals surface area contributed by atoms with Gasteiger partial charge in [0.1, 0.15) is 0 Å². The molecule has 2 nitrogen and oxygen atoms in total. The molecule has 11 heavy (non-hydrogen) atoms. The first-order chi connectivity index (χ1) is 5.33. The summed E-state index contributed by atoms with van der Waals surface area (Å²) in [5.74, 6) is 0. The van der Waals surface area contributed by atoms with E-state index in [1.165, 1.54) is 0 Å². The Hall–Kier alpha value is -0.570. The fourth-order valence-electron chi connectivity index (χ4n) is 0.815. The van der Waals surface area contributed by atoms with Crippen LogP contribution in [-0.4, -0.2) is 11.9 Å². The molecule has 0 atom stereocenters. The second kappa shape index (κ2) is 4.34. The second-order valence-electron chi connectivity index (χ2n) is 2.21. The van der Waals surface area contributed by atoms with E-state index in [1.54, 1.807) is 0 Å². The molecule has 0 aliphatic carbocycles. The van der Waals surface area contributed by atoms with E-state index in [4.69, 9.17) is 16.9 Å². The zero-order valence-electron chi connectivity index (χ0n) is 5.96. The minimum atomic E-state index is 0.321. The molecular weight excluding hydrogens is 164 g/mol. The van der Waals surface area contributed by atoms with Crippen LogP contribution in [0.25, 0.3) is 0 Å². The second-order valence-corrected chi connectivity index (χ2v) is 2.65. The predicted octanol–water partition coefficient (Wildman–Crippen LogP) is 2.37. The molecule has 1 aromatic carbocycles. The molecule has 1 N–H and O–H groups in total. The Morgan fingerprint density at radius 2 is 1.91 bits per heavy atom. The molecule has 0 aliphatic rings. The molecule has 0 aliphatic heterocycles. The summed E-state index contributed by atoms with van der Waals surface area (Å²) in [7, 11) is 0. The maximum atomic E-state index is 8.06. The van der Waals surface area contributed by atoms with E-state index < -0.39 is 0 Å². The molecule has 1 aromatic rings. The highest BCUT2D eigenvalue weighted by atomic mass is 35.5. The Morgan fingerprint density at radius 3 is 2.45 bits per heavy atom. The van der Waals surface area contributed by atoms with Gasteiger partial charge in [0, 0.05) is 5.02 Å². The fourth-order valence-corrected chi connectivity index (χ4v) is 0.941. The van der Waals surface area contributed by atoms with E-state index in [1.807, 2.05) is 24.3 Å². The highest BCUT2D eigenvalue weighted by Crippen LogP contribution is 2.09. The third kappa shape index (κ3) is 2.89. The Kier molecular flexibility index (Phi) is 3.36. The van der Waals surface area contributed by atoms with Crippen molar-refractivity contribution in [1.29, 1.82) is 0 Å². The molecule has 0 saturated heterocycles. The lowest BCUT2D eigenvalue weighted by molar-refractivity contribution is -0.241. The van der Waals surface area contributed by atoms with E-state index in [2.05, 4.69) is 4.89 Å². The van der Waals surface area contributed by atoms with Gasteiger partial charge in [-0.3, -0.25) is 5.26 Å². The molecule has 0 spiro atoms. The van der Waals surface area contributed by atoms with Gasteiger partial charge in [-0.05, 0) is 24.1 Å². The summed E-state index contributed by atoms with van der Waals surface area (Å²) in [4.78, 5) is 3.94. The van der Waals surface area contributed by atoms with Crippen LogP contribution in [0.5, 0.6) is 0 Å². The summed E-state index contributed by atoms with van der Waals surface area (Å²) in [6.45, 7) is 0.321. The molecule has 60 valence electrons. The van der Waals surface area contributed by atoms with Gasteiger partial charge in [0.2, 0.25) is 0 Å². The predicted molar refractivity (Wildman–Crippen MR) is 43.7 cm³/mol. The van der Waals surface area contributed by atoms with Crippen LogP contribution in [0.15, 0.2) is 24.3 Å². The molecular formula is C8H9ClO2. The highest BCUT2D eigenvalue weighted by molar-refractivity contribution is 6.30. The van der Waals surface area contributed by atoms with Gasteiger partial charge in [-0.2, -0.15) is 0 Å². The van der Waals surface area contributed by atoms with Gasteiger partial charge in [0.15, 0.2) is 0 Å². The number of hydrogen-bond donors (Lipinski definition) is 1. The van der Waals surface area contributed by atoms with E-state index >= 15 is 0 Å². The van der Waals surface area contributed by atoms with Crippen molar-refractivity contribution in [2.75, 3.05) is 6.61 Å². The zero-order chi connectivity index (χ0) is 8.10. The Bertz CT molecular complexity index is 208. The van der Waals surface area contributed by atoms with E-state index in [0.717, 1.165) is 10.6 Å². The maximum absolute atomic E-state index is 8.06. The topological polar surface area (TPSA) is 29.5 Å². The SMILES string of the molecule is OOCCc1ccc(Cl)cc1. The summed E-state index contributed by atoms with van der Waals surface area (Å²) >= 11 is 5.67. The van der Waals surface area contributed by atoms with Crippen LogP contribution >= 0.6 is 11.6 Å². The lowest BCUT2D eigenvalue weighted by Crippen LogP contribution is -1.93. The van der Waals surface area contributed by atoms with Crippen LogP contribution in [0, 0.1) is 0 Å². The first-order valence-corrected chi connectivity index (χ1v) is 3.71. The first kappa shape index (κ1) is 8.53. The normalized spacial score (nSPS) is 10.0. The Morgan fingerprint density at radius 1 is 1.27 bits per heavy atom. The van der Waals surface area contributed by atoms with Gasteiger partial charge in [-0.25, -0.2) is 4.89 Å². The Labute approximate surface area is 70.3 Å². The third-order valence-electron chi connectivity index (χ3n) is 1.40. The van der Waals surface area contributed by atoms with Crippen LogP contribution in [0.4, 0.5) is 0 Å². The molecule has 3 heteroatoms. The van der Waals surface area contributed by atoms with Gasteiger partial charge in [-0.15, -0.1) is 0 Å². The maximum Gasteiger partial charge on any atom is 0.0860 e. The van der Waals surface area contributed by atoms with E-state index in [-0.39, 0.29) is 0 Å². The summed E-state index contributed by atoms with van der Waals surface area (Å²) in [6.07, 6.45) is 0.702. The standard InChI is InChI=1S/C8H9ClO2/c9-8-3-1-7(2-4-8)5-6-11-10/h1-4,10H,5-6H2. The molecule has 0 aromatic heterocycles. The van der Waals surface area contributed by atoms with Gasteiger partial charge in [0.25, 0.3) is 0 Å². The van der Waals surface area contributed by atoms with Crippen LogP contribution < -0.4 is 0 Å². The molecule has 1 rings (SSSR count). The van der Waals surface area contributed by atoms with Crippen molar-refractivity contribution >= 4 is 11.6 Å². The molecule has 0 heterocycles. The van der Waals surface area contributed by atoms with Gasteiger partial charge < -0.3 is 0 Å². The minimum Gasteiger partial charge on any atom is -0.252 e. The van der Waals surface area contributed by atoms with Crippen molar-refractivity contribution in [2.24, 2.45) is 0 Å². The largest absolute Gasteiger partial charge is 0.252 e. The van der Waals surface area contributed by atoms with Crippen molar-refractivity contribution in [1.82, 2.24) is 0 Å². The lowest BCUT2D eigenvalue weighted by Gasteiger charge is -1.97. The van der Waals surface area contributed by atoms with Crippen LogP contribution in [0.2, 0.25) is 5.02 Å². The number of hydrogen-bond acceptors (Lipinski definition) is 2. The van der Waals surface area contributed by atoms with Crippen LogP contribution in [0.3, 0.4) is 0 Å². The lowest BCUT2D eigenvalue weighted by atomic mass is 10.2. The van der Waals surface area contributed by atoms with E-state index in [0.29, 0.717) is 13.0 Å². The summed E-state index contributed by atoms with van der Waals surface area (Å²) < 4.78 is 0. The number of halogens is 1. The van der Waals surface area contributed by atoms with Gasteiger partial charge >= 0.3 is 0 Å². The molecule has 0 saturated carbocycles. The smallest absolute Gasteiger partial charge is 0.0860 e. The molecule has 0 fully saturated rings. The highest BCUT2D eigenvalue weighted by Gasteiger charge is 1.91. The molecule has 0 bridgehead atoms. The monoisotopic (exact) mass is 172 g/mol. The minimum absolute atomic E-state index is 0.321. The average molecular weight is 173 g/mol. The number of rotatable bonds is 3. The fraction of sp³-hybridized carbons (Fsp3) is 0.250. The average Bonchev–Trinajstić information content (AvgIpc) is 2.04. The van der Waals surface area contributed by atoms with Crippen LogP contribution in [0.1, 0.15) is 5.56 Å². The third-order valence-corrected chi connectivity index (χ3v) is 1.65. The van der Waals surface area contributed by atoms with Gasteiger partial charge in [-0.1, -0.05) is 23.7 Å². The van der Waals surface area contributed by atoms with Crippen molar-refractivity contribution in [3.05, 3.63) is 34.9 Å². The van der Waals surface area contributed by atoms with Crippen LogP contribution in [-0.2, 0) is 11.3 Å². The number of benzene rings is 1. The summed E-state index contributed by atoms with van der Waals surface area (Å²) in [5, 5.41) is 8.78. The molecule has 0 unspecified atom stereocenters. The zero-order valence-corrected chi connectivity index (χ0v) is 6.71. The first-order valence-electron chi connectivity index (χ1n) is 3.34.